The van der Waals surface area contributed by atoms with Gasteiger partial charge in [-0.2, -0.15) is 0 Å². The number of ether oxygens (including phenoxy) is 1. The van der Waals surface area contributed by atoms with E-state index in [1.165, 1.54) is 19.1 Å². The number of carbonyl (C=O) groups is 1. The lowest BCUT2D eigenvalue weighted by Crippen LogP contribution is -2.14. The van der Waals surface area contributed by atoms with Gasteiger partial charge >= 0.3 is 0 Å². The first-order chi connectivity index (χ1) is 7.56. The minimum atomic E-state index is -0.476. The third-order valence-electron chi connectivity index (χ3n) is 2.36. The van der Waals surface area contributed by atoms with Gasteiger partial charge in [0.25, 0.3) is 0 Å². The summed E-state index contributed by atoms with van der Waals surface area (Å²) in [5.74, 6) is -0.579. The van der Waals surface area contributed by atoms with Gasteiger partial charge in [0, 0.05) is 0 Å². The largest absolute Gasteiger partial charge is 0.487 e. The van der Waals surface area contributed by atoms with Crippen LogP contribution in [0, 0.1) is 5.82 Å². The maximum absolute atomic E-state index is 13.5. The number of hydrogen-bond acceptors (Lipinski definition) is 2. The Hall–Kier alpha value is -1.38. The Morgan fingerprint density at radius 3 is 2.75 bits per heavy atom. The summed E-state index contributed by atoms with van der Waals surface area (Å²) in [6.07, 6.45) is 1.72. The van der Waals surface area contributed by atoms with Crippen molar-refractivity contribution in [1.82, 2.24) is 0 Å². The van der Waals surface area contributed by atoms with Gasteiger partial charge in [0.1, 0.15) is 0 Å². The van der Waals surface area contributed by atoms with E-state index in [0.717, 1.165) is 12.8 Å². The fraction of sp³-hybridized carbons (Fsp3) is 0.462. The van der Waals surface area contributed by atoms with E-state index in [9.17, 15) is 9.18 Å². The zero-order chi connectivity index (χ0) is 12.1. The summed E-state index contributed by atoms with van der Waals surface area (Å²) in [6.45, 7) is 5.32. The first-order valence-electron chi connectivity index (χ1n) is 5.52. The van der Waals surface area contributed by atoms with Crippen LogP contribution in [0.25, 0.3) is 0 Å². The zero-order valence-corrected chi connectivity index (χ0v) is 9.92. The van der Waals surface area contributed by atoms with Crippen molar-refractivity contribution in [2.45, 2.75) is 39.7 Å². The molecule has 0 fully saturated rings. The summed E-state index contributed by atoms with van der Waals surface area (Å²) in [5.41, 5.74) is 0.308. The van der Waals surface area contributed by atoms with E-state index in [4.69, 9.17) is 4.74 Å². The van der Waals surface area contributed by atoms with Crippen molar-refractivity contribution in [3.8, 4) is 5.75 Å². The smallest absolute Gasteiger partial charge is 0.166 e. The van der Waals surface area contributed by atoms with Crippen molar-refractivity contribution in [1.29, 1.82) is 0 Å². The topological polar surface area (TPSA) is 26.3 Å². The maximum Gasteiger partial charge on any atom is 0.166 e. The third-order valence-corrected chi connectivity index (χ3v) is 2.36. The summed E-state index contributed by atoms with van der Waals surface area (Å²) in [6, 6.07) is 4.41. The second kappa shape index (κ2) is 5.64. The molecular weight excluding hydrogens is 207 g/mol. The molecule has 1 rings (SSSR count). The van der Waals surface area contributed by atoms with Crippen molar-refractivity contribution in [2.24, 2.45) is 0 Å². The second-order valence-corrected chi connectivity index (χ2v) is 3.89. The van der Waals surface area contributed by atoms with Gasteiger partial charge in [-0.3, -0.25) is 4.79 Å². The van der Waals surface area contributed by atoms with Crippen LogP contribution in [-0.2, 0) is 0 Å². The molecule has 1 unspecified atom stereocenters. The number of hydrogen-bond donors (Lipinski definition) is 0. The van der Waals surface area contributed by atoms with E-state index >= 15 is 0 Å². The van der Waals surface area contributed by atoms with Crippen LogP contribution in [0.2, 0.25) is 0 Å². The standard InChI is InChI=1S/C13H17FO2/c1-4-6-9(2)16-13-11(10(3)15)7-5-8-12(13)14/h5,7-9H,4,6H2,1-3H3. The third kappa shape index (κ3) is 3.05. The van der Waals surface area contributed by atoms with Crippen LogP contribution in [0.5, 0.6) is 5.75 Å². The van der Waals surface area contributed by atoms with Crippen LogP contribution in [0.1, 0.15) is 44.0 Å². The molecule has 0 N–H and O–H groups in total. The molecule has 2 nitrogen and oxygen atoms in total. The number of ketones is 1. The Bertz CT molecular complexity index is 374. The van der Waals surface area contributed by atoms with Gasteiger partial charge in [-0.25, -0.2) is 4.39 Å². The molecule has 0 aliphatic heterocycles. The van der Waals surface area contributed by atoms with Crippen molar-refractivity contribution in [2.75, 3.05) is 0 Å². The van der Waals surface area contributed by atoms with Crippen molar-refractivity contribution in [3.05, 3.63) is 29.6 Å². The molecular formula is C13H17FO2. The van der Waals surface area contributed by atoms with Gasteiger partial charge < -0.3 is 4.74 Å². The highest BCUT2D eigenvalue weighted by Gasteiger charge is 2.15. The molecule has 88 valence electrons. The molecule has 0 aromatic heterocycles. The first kappa shape index (κ1) is 12.7. The summed E-state index contributed by atoms with van der Waals surface area (Å²) in [4.78, 5) is 11.3. The molecule has 1 aromatic rings. The lowest BCUT2D eigenvalue weighted by atomic mass is 10.1. The summed E-state index contributed by atoms with van der Waals surface area (Å²) in [7, 11) is 0. The predicted octanol–water partition coefficient (Wildman–Crippen LogP) is 3.60. The van der Waals surface area contributed by atoms with E-state index in [0.29, 0.717) is 5.56 Å². The lowest BCUT2D eigenvalue weighted by molar-refractivity contribution is 0.100. The minimum Gasteiger partial charge on any atom is -0.487 e. The quantitative estimate of drug-likeness (QED) is 0.714. The molecule has 3 heteroatoms. The van der Waals surface area contributed by atoms with E-state index in [1.54, 1.807) is 6.07 Å². The fourth-order valence-corrected chi connectivity index (χ4v) is 1.57. The van der Waals surface area contributed by atoms with Crippen LogP contribution >= 0.6 is 0 Å². The molecule has 0 spiro atoms. The summed E-state index contributed by atoms with van der Waals surface area (Å²) in [5, 5.41) is 0. The number of benzene rings is 1. The molecule has 0 bridgehead atoms. The summed E-state index contributed by atoms with van der Waals surface area (Å²) < 4.78 is 19.0. The van der Waals surface area contributed by atoms with Gasteiger partial charge in [-0.05, 0) is 32.4 Å². The molecule has 1 aromatic carbocycles. The van der Waals surface area contributed by atoms with Gasteiger partial charge in [0.15, 0.2) is 17.3 Å². The van der Waals surface area contributed by atoms with Crippen molar-refractivity contribution >= 4 is 5.78 Å². The van der Waals surface area contributed by atoms with E-state index in [1.807, 2.05) is 13.8 Å². The predicted molar refractivity (Wildman–Crippen MR) is 61.4 cm³/mol. The van der Waals surface area contributed by atoms with Crippen LogP contribution in [0.15, 0.2) is 18.2 Å². The van der Waals surface area contributed by atoms with E-state index in [-0.39, 0.29) is 17.6 Å². The molecule has 1 atom stereocenters. The monoisotopic (exact) mass is 224 g/mol. The van der Waals surface area contributed by atoms with Crippen LogP contribution in [-0.4, -0.2) is 11.9 Å². The molecule has 0 aliphatic rings. The number of para-hydroxylation sites is 1. The highest BCUT2D eigenvalue weighted by molar-refractivity contribution is 5.96. The fourth-order valence-electron chi connectivity index (χ4n) is 1.57. The normalized spacial score (nSPS) is 12.2. The second-order valence-electron chi connectivity index (χ2n) is 3.89. The molecule has 0 aliphatic carbocycles. The van der Waals surface area contributed by atoms with E-state index < -0.39 is 5.82 Å². The first-order valence-corrected chi connectivity index (χ1v) is 5.52. The van der Waals surface area contributed by atoms with Gasteiger partial charge in [-0.1, -0.05) is 19.4 Å². The van der Waals surface area contributed by atoms with Gasteiger partial charge in [-0.15, -0.1) is 0 Å². The number of carbonyl (C=O) groups excluding carboxylic acids is 1. The van der Waals surface area contributed by atoms with E-state index in [2.05, 4.69) is 0 Å². The highest BCUT2D eigenvalue weighted by Crippen LogP contribution is 2.25. The van der Waals surface area contributed by atoms with Crippen molar-refractivity contribution < 1.29 is 13.9 Å². The van der Waals surface area contributed by atoms with Gasteiger partial charge in [0.2, 0.25) is 0 Å². The van der Waals surface area contributed by atoms with Gasteiger partial charge in [0.05, 0.1) is 11.7 Å². The lowest BCUT2D eigenvalue weighted by Gasteiger charge is -2.16. The average Bonchev–Trinajstić information content (AvgIpc) is 2.21. The molecule has 0 radical (unpaired) electrons. The molecule has 0 saturated carbocycles. The maximum atomic E-state index is 13.5. The molecule has 0 amide bonds. The Morgan fingerprint density at radius 2 is 2.19 bits per heavy atom. The average molecular weight is 224 g/mol. The molecule has 16 heavy (non-hydrogen) atoms. The molecule has 0 heterocycles. The Balaban J connectivity index is 2.97. The number of rotatable bonds is 5. The zero-order valence-electron chi connectivity index (χ0n) is 9.92. The van der Waals surface area contributed by atoms with Crippen LogP contribution in [0.3, 0.4) is 0 Å². The number of Topliss-reactive ketones (excluding diaryl/α,β-unsaturated/α-hetero) is 1. The van der Waals surface area contributed by atoms with Crippen molar-refractivity contribution in [3.63, 3.8) is 0 Å². The Labute approximate surface area is 95.4 Å². The number of halogens is 1. The van der Waals surface area contributed by atoms with Crippen LogP contribution in [0.4, 0.5) is 4.39 Å². The Morgan fingerprint density at radius 1 is 1.50 bits per heavy atom. The molecule has 0 saturated heterocycles. The van der Waals surface area contributed by atoms with Crippen LogP contribution < -0.4 is 4.74 Å². The minimum absolute atomic E-state index is 0.0796. The highest BCUT2D eigenvalue weighted by atomic mass is 19.1. The summed E-state index contributed by atoms with van der Waals surface area (Å²) >= 11 is 0. The SMILES string of the molecule is CCCC(C)Oc1c(F)cccc1C(C)=O. The Kier molecular flexibility index (Phi) is 4.47.